The summed E-state index contributed by atoms with van der Waals surface area (Å²) in [5.41, 5.74) is 2.45. The molecule has 2 aromatic rings. The van der Waals surface area contributed by atoms with Gasteiger partial charge in [-0.2, -0.15) is 0 Å². The Bertz CT molecular complexity index is 1030. The molecule has 0 bridgehead atoms. The third-order valence-electron chi connectivity index (χ3n) is 4.51. The standard InChI is InChI=1S/C21H21BrClN3O3S/c1-4-29-19-13(22)9-12(10-16(19)28-3)18-17(11(2)24-21(30)26-18)20(27)25-15-8-6-5-7-14(15)23/h5-10,18H,4H2,1-3H3,(H,25,27)(H2,24,26,30)/t18-/m0/s1. The smallest absolute Gasteiger partial charge is 0.255 e. The summed E-state index contributed by atoms with van der Waals surface area (Å²) in [6, 6.07) is 10.3. The number of thiocarbonyl (C=S) groups is 1. The lowest BCUT2D eigenvalue weighted by atomic mass is 9.94. The van der Waals surface area contributed by atoms with Crippen LogP contribution in [0.15, 0.2) is 52.1 Å². The number of nitrogens with one attached hydrogen (secondary N) is 3. The van der Waals surface area contributed by atoms with Crippen LogP contribution in [0, 0.1) is 0 Å². The molecular weight excluding hydrogens is 490 g/mol. The van der Waals surface area contributed by atoms with Crippen LogP contribution < -0.4 is 25.4 Å². The van der Waals surface area contributed by atoms with Crippen molar-refractivity contribution < 1.29 is 14.3 Å². The van der Waals surface area contributed by atoms with Gasteiger partial charge in [0.2, 0.25) is 0 Å². The molecule has 30 heavy (non-hydrogen) atoms. The number of para-hydroxylation sites is 1. The number of halogens is 2. The van der Waals surface area contributed by atoms with Crippen LogP contribution in [0.5, 0.6) is 11.5 Å². The minimum atomic E-state index is -0.498. The molecular formula is C21H21BrClN3O3S. The van der Waals surface area contributed by atoms with Crippen molar-refractivity contribution in [3.8, 4) is 11.5 Å². The molecule has 2 aromatic carbocycles. The van der Waals surface area contributed by atoms with Crippen LogP contribution in [0.1, 0.15) is 25.5 Å². The Kier molecular flexibility index (Phi) is 7.23. The number of anilines is 1. The second-order valence-corrected chi connectivity index (χ2v) is 8.14. The lowest BCUT2D eigenvalue weighted by Gasteiger charge is -2.31. The number of benzene rings is 2. The fourth-order valence-corrected chi connectivity index (χ4v) is 4.22. The Hall–Kier alpha value is -2.29. The van der Waals surface area contributed by atoms with Crippen LogP contribution in [0.4, 0.5) is 5.69 Å². The third kappa shape index (κ3) is 4.71. The summed E-state index contributed by atoms with van der Waals surface area (Å²) < 4.78 is 11.9. The number of methoxy groups -OCH3 is 1. The quantitative estimate of drug-likeness (QED) is 0.478. The number of rotatable bonds is 6. The highest BCUT2D eigenvalue weighted by molar-refractivity contribution is 9.10. The summed E-state index contributed by atoms with van der Waals surface area (Å²) in [6.07, 6.45) is 0. The van der Waals surface area contributed by atoms with Crippen LogP contribution in [0.2, 0.25) is 5.02 Å². The molecule has 1 atom stereocenters. The number of carbonyl (C=O) groups is 1. The van der Waals surface area contributed by atoms with E-state index >= 15 is 0 Å². The van der Waals surface area contributed by atoms with Crippen molar-refractivity contribution in [1.29, 1.82) is 0 Å². The SMILES string of the molecule is CCOc1c(Br)cc([C@@H]2NC(=S)NC(C)=C2C(=O)Nc2ccccc2Cl)cc1OC. The van der Waals surface area contributed by atoms with E-state index in [1.165, 1.54) is 0 Å². The van der Waals surface area contributed by atoms with Gasteiger partial charge in [0, 0.05) is 5.70 Å². The van der Waals surface area contributed by atoms with Crippen molar-refractivity contribution in [3.63, 3.8) is 0 Å². The van der Waals surface area contributed by atoms with Gasteiger partial charge in [-0.3, -0.25) is 4.79 Å². The van der Waals surface area contributed by atoms with Gasteiger partial charge in [0.15, 0.2) is 16.6 Å². The molecule has 9 heteroatoms. The molecule has 0 spiro atoms. The minimum Gasteiger partial charge on any atom is -0.493 e. The average molecular weight is 511 g/mol. The molecule has 0 saturated heterocycles. The molecule has 3 rings (SSSR count). The van der Waals surface area contributed by atoms with Gasteiger partial charge < -0.3 is 25.4 Å². The van der Waals surface area contributed by atoms with Crippen LogP contribution in [0.25, 0.3) is 0 Å². The van der Waals surface area contributed by atoms with E-state index in [1.807, 2.05) is 26.0 Å². The summed E-state index contributed by atoms with van der Waals surface area (Å²) in [4.78, 5) is 13.2. The number of hydrogen-bond donors (Lipinski definition) is 3. The first-order valence-corrected chi connectivity index (χ1v) is 10.8. The van der Waals surface area contributed by atoms with Crippen molar-refractivity contribution >= 4 is 56.5 Å². The number of carbonyl (C=O) groups excluding carboxylic acids is 1. The molecule has 0 radical (unpaired) electrons. The highest BCUT2D eigenvalue weighted by atomic mass is 79.9. The molecule has 158 valence electrons. The van der Waals surface area contributed by atoms with E-state index in [-0.39, 0.29) is 5.91 Å². The number of hydrogen-bond acceptors (Lipinski definition) is 4. The molecule has 1 aliphatic rings. The number of ether oxygens (including phenoxy) is 2. The minimum absolute atomic E-state index is 0.294. The fourth-order valence-electron chi connectivity index (χ4n) is 3.19. The Balaban J connectivity index is 2.03. The van der Waals surface area contributed by atoms with Gasteiger partial charge in [0.05, 0.1) is 40.5 Å². The van der Waals surface area contributed by atoms with Gasteiger partial charge >= 0.3 is 0 Å². The zero-order valence-electron chi connectivity index (χ0n) is 16.6. The van der Waals surface area contributed by atoms with E-state index in [2.05, 4.69) is 31.9 Å². The molecule has 0 fully saturated rings. The van der Waals surface area contributed by atoms with Crippen molar-refractivity contribution in [3.05, 3.63) is 62.7 Å². The van der Waals surface area contributed by atoms with Crippen LogP contribution in [0.3, 0.4) is 0 Å². The van der Waals surface area contributed by atoms with Gasteiger partial charge in [-0.1, -0.05) is 23.7 Å². The van der Waals surface area contributed by atoms with Gasteiger partial charge in [0.1, 0.15) is 0 Å². The van der Waals surface area contributed by atoms with E-state index in [4.69, 9.17) is 33.3 Å². The molecule has 0 aromatic heterocycles. The Labute approximate surface area is 194 Å². The van der Waals surface area contributed by atoms with Gasteiger partial charge in [-0.25, -0.2) is 0 Å². The van der Waals surface area contributed by atoms with E-state index in [9.17, 15) is 4.79 Å². The first-order valence-electron chi connectivity index (χ1n) is 9.20. The van der Waals surface area contributed by atoms with Crippen LogP contribution in [-0.4, -0.2) is 24.7 Å². The van der Waals surface area contributed by atoms with Gasteiger partial charge in [0.25, 0.3) is 5.91 Å². The lowest BCUT2D eigenvalue weighted by molar-refractivity contribution is -0.113. The monoisotopic (exact) mass is 509 g/mol. The van der Waals surface area contributed by atoms with E-state index < -0.39 is 6.04 Å². The second-order valence-electron chi connectivity index (χ2n) is 6.47. The normalized spacial score (nSPS) is 15.9. The highest BCUT2D eigenvalue weighted by Crippen LogP contribution is 2.40. The molecule has 0 unspecified atom stereocenters. The maximum absolute atomic E-state index is 13.2. The highest BCUT2D eigenvalue weighted by Gasteiger charge is 2.31. The topological polar surface area (TPSA) is 71.6 Å². The Morgan fingerprint density at radius 3 is 2.73 bits per heavy atom. The maximum Gasteiger partial charge on any atom is 0.255 e. The summed E-state index contributed by atoms with van der Waals surface area (Å²) in [7, 11) is 1.57. The molecule has 6 nitrogen and oxygen atoms in total. The predicted octanol–water partition coefficient (Wildman–Crippen LogP) is 4.94. The third-order valence-corrected chi connectivity index (χ3v) is 5.65. The zero-order valence-corrected chi connectivity index (χ0v) is 19.8. The van der Waals surface area contributed by atoms with Crippen molar-refractivity contribution in [1.82, 2.24) is 10.6 Å². The second kappa shape index (κ2) is 9.68. The van der Waals surface area contributed by atoms with Gasteiger partial charge in [-0.15, -0.1) is 0 Å². The van der Waals surface area contributed by atoms with Crippen LogP contribution in [-0.2, 0) is 4.79 Å². The van der Waals surface area contributed by atoms with Crippen molar-refractivity contribution in [2.45, 2.75) is 19.9 Å². The maximum atomic E-state index is 13.2. The lowest BCUT2D eigenvalue weighted by Crippen LogP contribution is -2.45. The largest absolute Gasteiger partial charge is 0.493 e. The molecule has 1 amide bonds. The summed E-state index contributed by atoms with van der Waals surface area (Å²) in [6.45, 7) is 4.20. The first-order chi connectivity index (χ1) is 14.3. The number of amides is 1. The predicted molar refractivity (Wildman–Crippen MR) is 126 cm³/mol. The number of allylic oxidation sites excluding steroid dienone is 1. The average Bonchev–Trinajstić information content (AvgIpc) is 2.70. The Morgan fingerprint density at radius 1 is 1.33 bits per heavy atom. The summed E-state index contributed by atoms with van der Waals surface area (Å²) >= 11 is 15.1. The van der Waals surface area contributed by atoms with Crippen molar-refractivity contribution in [2.24, 2.45) is 0 Å². The molecule has 1 heterocycles. The fraction of sp³-hybridized carbons (Fsp3) is 0.238. The van der Waals surface area contributed by atoms with Gasteiger partial charge in [-0.05, 0) is 71.8 Å². The van der Waals surface area contributed by atoms with E-state index in [0.717, 1.165) is 5.56 Å². The Morgan fingerprint density at radius 2 is 2.07 bits per heavy atom. The zero-order chi connectivity index (χ0) is 21.8. The van der Waals surface area contributed by atoms with E-state index in [0.29, 0.717) is 49.7 Å². The molecule has 0 saturated carbocycles. The van der Waals surface area contributed by atoms with Crippen LogP contribution >= 0.6 is 39.7 Å². The summed E-state index contributed by atoms with van der Waals surface area (Å²) in [5.74, 6) is 0.857. The van der Waals surface area contributed by atoms with E-state index in [1.54, 1.807) is 31.4 Å². The molecule has 1 aliphatic heterocycles. The first kappa shape index (κ1) is 22.4. The molecule has 0 aliphatic carbocycles. The molecule has 3 N–H and O–H groups in total. The van der Waals surface area contributed by atoms with Crippen molar-refractivity contribution in [2.75, 3.05) is 19.0 Å². The summed E-state index contributed by atoms with van der Waals surface area (Å²) in [5, 5.41) is 9.96.